The number of aromatic nitrogens is 2. The van der Waals surface area contributed by atoms with Crippen LogP contribution in [0.25, 0.3) is 0 Å². The zero-order valence-corrected chi connectivity index (χ0v) is 8.65. The summed E-state index contributed by atoms with van der Waals surface area (Å²) in [4.78, 5) is 0. The molecule has 1 rings (SSSR count). The molecule has 0 saturated heterocycles. The molecule has 0 amide bonds. The van der Waals surface area contributed by atoms with E-state index in [-0.39, 0.29) is 51.4 Å². The number of rotatable bonds is 0. The summed E-state index contributed by atoms with van der Waals surface area (Å²) in [7, 11) is 0. The van der Waals surface area contributed by atoms with Gasteiger partial charge in [0.05, 0.1) is 5.69 Å². The van der Waals surface area contributed by atoms with Crippen molar-refractivity contribution < 1.29 is 0 Å². The Morgan fingerprint density at radius 2 is 2.12 bits per heavy atom. The standard InChI is InChI=1S/C5H8N2.K/c1-4-3-5(2)7-6-4;/h3H,1-2H3,(H,6,7);. The molecule has 0 unspecified atom stereocenters. The molecule has 0 aliphatic rings. The Morgan fingerprint density at radius 3 is 2.25 bits per heavy atom. The monoisotopic (exact) mass is 135 g/mol. The predicted octanol–water partition coefficient (Wildman–Crippen LogP) is 0.646. The van der Waals surface area contributed by atoms with E-state index < -0.39 is 0 Å². The van der Waals surface area contributed by atoms with Gasteiger partial charge in [0.2, 0.25) is 0 Å². The quantitative estimate of drug-likeness (QED) is 0.520. The molecule has 0 spiro atoms. The Bertz CT molecular complexity index is 143. The average molecular weight is 135 g/mol. The number of H-pyrrole nitrogens is 1. The largest absolute Gasteiger partial charge is 0.283 e. The summed E-state index contributed by atoms with van der Waals surface area (Å²) in [5.74, 6) is 0. The third-order valence-electron chi connectivity index (χ3n) is 0.834. The van der Waals surface area contributed by atoms with Crippen LogP contribution in [0.15, 0.2) is 6.07 Å². The fourth-order valence-corrected chi connectivity index (χ4v) is 0.554. The van der Waals surface area contributed by atoms with Crippen molar-refractivity contribution in [2.75, 3.05) is 0 Å². The summed E-state index contributed by atoms with van der Waals surface area (Å²) in [5, 5.41) is 6.71. The van der Waals surface area contributed by atoms with Crippen LogP contribution >= 0.6 is 0 Å². The van der Waals surface area contributed by atoms with Crippen LogP contribution in [0.2, 0.25) is 0 Å². The van der Waals surface area contributed by atoms with Crippen LogP contribution in [0.5, 0.6) is 0 Å². The smallest absolute Gasteiger partial charge is 0.0593 e. The molecule has 39 valence electrons. The number of aryl methyl sites for hydroxylation is 2. The fraction of sp³-hybridized carbons (Fsp3) is 0.400. The minimum Gasteiger partial charge on any atom is -0.283 e. The Kier molecular flexibility index (Phi) is 4.19. The second kappa shape index (κ2) is 3.79. The predicted molar refractivity (Wildman–Crippen MR) is 33.8 cm³/mol. The summed E-state index contributed by atoms with van der Waals surface area (Å²) < 4.78 is 0. The molecule has 0 aromatic carbocycles. The van der Waals surface area contributed by atoms with Gasteiger partial charge in [-0.2, -0.15) is 5.10 Å². The van der Waals surface area contributed by atoms with Gasteiger partial charge in [-0.25, -0.2) is 0 Å². The van der Waals surface area contributed by atoms with Crippen molar-refractivity contribution in [1.82, 2.24) is 10.2 Å². The van der Waals surface area contributed by atoms with Crippen LogP contribution in [0.3, 0.4) is 0 Å². The molecular weight excluding hydrogens is 127 g/mol. The van der Waals surface area contributed by atoms with Gasteiger partial charge < -0.3 is 0 Å². The topological polar surface area (TPSA) is 28.7 Å². The second-order valence-electron chi connectivity index (χ2n) is 1.69. The molecule has 1 heterocycles. The Morgan fingerprint density at radius 1 is 1.50 bits per heavy atom. The first-order valence-electron chi connectivity index (χ1n) is 2.27. The first kappa shape index (κ1) is 8.85. The summed E-state index contributed by atoms with van der Waals surface area (Å²) in [6, 6.07) is 2.00. The van der Waals surface area contributed by atoms with Gasteiger partial charge in [0.15, 0.2) is 0 Å². The maximum atomic E-state index is 3.89. The van der Waals surface area contributed by atoms with Crippen LogP contribution < -0.4 is 0 Å². The molecule has 1 aromatic rings. The van der Waals surface area contributed by atoms with E-state index in [2.05, 4.69) is 10.2 Å². The molecule has 0 aliphatic heterocycles. The van der Waals surface area contributed by atoms with Gasteiger partial charge in [-0.15, -0.1) is 0 Å². The minimum atomic E-state index is 0. The first-order chi connectivity index (χ1) is 3.29. The Hall–Kier alpha value is 0.846. The molecule has 0 bridgehead atoms. The van der Waals surface area contributed by atoms with E-state index in [1.54, 1.807) is 0 Å². The third-order valence-corrected chi connectivity index (χ3v) is 0.834. The van der Waals surface area contributed by atoms with Crippen LogP contribution in [0.1, 0.15) is 11.4 Å². The van der Waals surface area contributed by atoms with Crippen molar-refractivity contribution in [3.63, 3.8) is 0 Å². The molecule has 1 aromatic heterocycles. The van der Waals surface area contributed by atoms with Crippen molar-refractivity contribution >= 4 is 51.4 Å². The normalized spacial score (nSPS) is 8.25. The zero-order valence-electron chi connectivity index (χ0n) is 5.52. The molecule has 0 fully saturated rings. The van der Waals surface area contributed by atoms with Gasteiger partial charge >= 0.3 is 0 Å². The molecule has 2 nitrogen and oxygen atoms in total. The van der Waals surface area contributed by atoms with Gasteiger partial charge in [-0.1, -0.05) is 0 Å². The SMILES string of the molecule is Cc1cc(C)[nH]n1.[K]. The molecular formula is C5H8KN2. The van der Waals surface area contributed by atoms with Crippen LogP contribution in [0, 0.1) is 13.8 Å². The van der Waals surface area contributed by atoms with Crippen molar-refractivity contribution in [2.45, 2.75) is 13.8 Å². The molecule has 1 radical (unpaired) electrons. The van der Waals surface area contributed by atoms with Gasteiger partial charge in [0.25, 0.3) is 0 Å². The number of hydrogen-bond donors (Lipinski definition) is 1. The third kappa shape index (κ3) is 2.41. The van der Waals surface area contributed by atoms with Gasteiger partial charge in [0, 0.05) is 57.1 Å². The zero-order chi connectivity index (χ0) is 5.28. The van der Waals surface area contributed by atoms with Crippen molar-refractivity contribution in [2.24, 2.45) is 0 Å². The molecule has 8 heavy (non-hydrogen) atoms. The number of aromatic amines is 1. The Labute approximate surface area is 91.5 Å². The van der Waals surface area contributed by atoms with Crippen LogP contribution in [-0.2, 0) is 0 Å². The second-order valence-corrected chi connectivity index (χ2v) is 1.69. The van der Waals surface area contributed by atoms with E-state index in [4.69, 9.17) is 0 Å². The maximum absolute atomic E-state index is 3.89. The Balaban J connectivity index is 0.000000490. The summed E-state index contributed by atoms with van der Waals surface area (Å²) in [5.41, 5.74) is 2.18. The molecule has 0 saturated carbocycles. The number of nitrogens with zero attached hydrogens (tertiary/aromatic N) is 1. The maximum Gasteiger partial charge on any atom is 0.0593 e. The van der Waals surface area contributed by atoms with Gasteiger partial charge in [-0.05, 0) is 19.9 Å². The van der Waals surface area contributed by atoms with E-state index in [0.29, 0.717) is 0 Å². The number of hydrogen-bond acceptors (Lipinski definition) is 1. The fourth-order valence-electron chi connectivity index (χ4n) is 0.554. The van der Waals surface area contributed by atoms with Crippen molar-refractivity contribution in [1.29, 1.82) is 0 Å². The average Bonchev–Trinajstić information content (AvgIpc) is 1.87. The van der Waals surface area contributed by atoms with Gasteiger partial charge in [0.1, 0.15) is 0 Å². The van der Waals surface area contributed by atoms with E-state index in [1.807, 2.05) is 19.9 Å². The minimum absolute atomic E-state index is 0. The van der Waals surface area contributed by atoms with Gasteiger partial charge in [-0.3, -0.25) is 5.10 Å². The van der Waals surface area contributed by atoms with Crippen molar-refractivity contribution in [3.8, 4) is 0 Å². The van der Waals surface area contributed by atoms with E-state index >= 15 is 0 Å². The molecule has 1 N–H and O–H groups in total. The summed E-state index contributed by atoms with van der Waals surface area (Å²) in [6.45, 7) is 3.95. The molecule has 0 atom stereocenters. The van der Waals surface area contributed by atoms with E-state index in [1.165, 1.54) is 0 Å². The van der Waals surface area contributed by atoms with Crippen molar-refractivity contribution in [3.05, 3.63) is 17.5 Å². The summed E-state index contributed by atoms with van der Waals surface area (Å²) >= 11 is 0. The van der Waals surface area contributed by atoms with Crippen LogP contribution in [-0.4, -0.2) is 61.6 Å². The van der Waals surface area contributed by atoms with E-state index in [0.717, 1.165) is 11.4 Å². The summed E-state index contributed by atoms with van der Waals surface area (Å²) in [6.07, 6.45) is 0. The van der Waals surface area contributed by atoms with E-state index in [9.17, 15) is 0 Å². The first-order valence-corrected chi connectivity index (χ1v) is 2.27. The number of nitrogens with one attached hydrogen (secondary N) is 1. The molecule has 3 heteroatoms. The molecule has 0 aliphatic carbocycles. The van der Waals surface area contributed by atoms with Crippen LogP contribution in [0.4, 0.5) is 0 Å².